The van der Waals surface area contributed by atoms with E-state index >= 15 is 0 Å². The number of nitrogens with one attached hydrogen (secondary N) is 2. The normalized spacial score (nSPS) is 21.3. The van der Waals surface area contributed by atoms with Crippen LogP contribution < -0.4 is 10.6 Å². The maximum Gasteiger partial charge on any atom is 0.242 e. The predicted octanol–water partition coefficient (Wildman–Crippen LogP) is 0.565. The molecule has 172 valence electrons. The van der Waals surface area contributed by atoms with Crippen molar-refractivity contribution in [2.75, 3.05) is 50.8 Å². The van der Waals surface area contributed by atoms with Crippen LogP contribution in [0.2, 0.25) is 0 Å². The summed E-state index contributed by atoms with van der Waals surface area (Å²) in [6.45, 7) is 5.38. The maximum atomic E-state index is 13.3. The minimum Gasteiger partial charge on any atom is -0.355 e. The van der Waals surface area contributed by atoms with Gasteiger partial charge in [-0.15, -0.1) is 0 Å². The van der Waals surface area contributed by atoms with Crippen LogP contribution in [0.4, 0.5) is 0 Å². The molecule has 2 saturated heterocycles. The Morgan fingerprint density at radius 1 is 1.06 bits per heavy atom. The third-order valence-corrected chi connectivity index (χ3v) is 7.59. The first-order chi connectivity index (χ1) is 14.9. The number of amides is 2. The molecule has 0 spiro atoms. The summed E-state index contributed by atoms with van der Waals surface area (Å²) >= 11 is 0. The molecule has 9 heteroatoms. The average Bonchev–Trinajstić information content (AvgIpc) is 2.76. The van der Waals surface area contributed by atoms with Crippen LogP contribution in [0.3, 0.4) is 0 Å². The number of piperidine rings is 1. The number of hydrogen-bond donors (Lipinski definition) is 2. The van der Waals surface area contributed by atoms with Crippen molar-refractivity contribution in [1.29, 1.82) is 0 Å². The number of benzene rings is 1. The second kappa shape index (κ2) is 11.1. The molecule has 0 aromatic heterocycles. The van der Waals surface area contributed by atoms with Gasteiger partial charge >= 0.3 is 0 Å². The molecule has 2 aliphatic rings. The quantitative estimate of drug-likeness (QED) is 0.601. The molecule has 0 aliphatic carbocycles. The largest absolute Gasteiger partial charge is 0.355 e. The van der Waals surface area contributed by atoms with Crippen LogP contribution in [0.15, 0.2) is 30.3 Å². The van der Waals surface area contributed by atoms with Gasteiger partial charge in [-0.3, -0.25) is 19.4 Å². The third-order valence-electron chi connectivity index (χ3n) is 5.98. The highest BCUT2D eigenvalue weighted by molar-refractivity contribution is 7.91. The smallest absolute Gasteiger partial charge is 0.242 e. The minimum absolute atomic E-state index is 0.0496. The van der Waals surface area contributed by atoms with Gasteiger partial charge in [0.2, 0.25) is 11.8 Å². The lowest BCUT2D eigenvalue weighted by molar-refractivity contribution is -0.128. The Morgan fingerprint density at radius 2 is 1.71 bits per heavy atom. The standard InChI is InChI=1S/C22H34N4O4S/c1-2-10-23-20(27)17-25-11-8-19(9-12-25)24-22(28)21(18-6-4-3-5-7-18)26-13-15-31(29,30)16-14-26/h3-7,19,21H,2,8-17H2,1H3,(H,23,27)(H,24,28). The van der Waals surface area contributed by atoms with Crippen LogP contribution in [0.1, 0.15) is 37.8 Å². The van der Waals surface area contributed by atoms with E-state index in [0.29, 0.717) is 26.2 Å². The van der Waals surface area contributed by atoms with Crippen molar-refractivity contribution < 1.29 is 18.0 Å². The summed E-state index contributed by atoms with van der Waals surface area (Å²) in [6, 6.07) is 9.12. The van der Waals surface area contributed by atoms with E-state index in [4.69, 9.17) is 0 Å². The van der Waals surface area contributed by atoms with E-state index in [2.05, 4.69) is 15.5 Å². The van der Waals surface area contributed by atoms with Crippen LogP contribution in [0.5, 0.6) is 0 Å². The second-order valence-corrected chi connectivity index (χ2v) is 10.7. The molecule has 0 saturated carbocycles. The maximum absolute atomic E-state index is 13.3. The third kappa shape index (κ3) is 7.02. The number of carbonyl (C=O) groups excluding carboxylic acids is 2. The van der Waals surface area contributed by atoms with E-state index in [0.717, 1.165) is 37.9 Å². The summed E-state index contributed by atoms with van der Waals surface area (Å²) in [7, 11) is -3.02. The zero-order chi connectivity index (χ0) is 22.3. The number of rotatable bonds is 8. The van der Waals surface area contributed by atoms with Gasteiger partial charge in [0.15, 0.2) is 9.84 Å². The number of likely N-dealkylation sites (tertiary alicyclic amines) is 1. The Morgan fingerprint density at radius 3 is 2.32 bits per heavy atom. The molecular weight excluding hydrogens is 416 g/mol. The average molecular weight is 451 g/mol. The fraction of sp³-hybridized carbons (Fsp3) is 0.636. The molecule has 8 nitrogen and oxygen atoms in total. The van der Waals surface area contributed by atoms with Crippen molar-refractivity contribution in [1.82, 2.24) is 20.4 Å². The summed E-state index contributed by atoms with van der Waals surface area (Å²) < 4.78 is 23.7. The van der Waals surface area contributed by atoms with Gasteiger partial charge in [0.25, 0.3) is 0 Å². The summed E-state index contributed by atoms with van der Waals surface area (Å²) in [5.74, 6) is 0.141. The molecule has 2 heterocycles. The first kappa shape index (κ1) is 23.7. The van der Waals surface area contributed by atoms with Crippen LogP contribution in [-0.2, 0) is 19.4 Å². The van der Waals surface area contributed by atoms with E-state index in [9.17, 15) is 18.0 Å². The summed E-state index contributed by atoms with van der Waals surface area (Å²) in [5, 5.41) is 6.09. The molecule has 1 atom stereocenters. The van der Waals surface area contributed by atoms with E-state index in [1.807, 2.05) is 42.2 Å². The van der Waals surface area contributed by atoms with E-state index in [1.165, 1.54) is 0 Å². The van der Waals surface area contributed by atoms with Gasteiger partial charge in [-0.1, -0.05) is 37.3 Å². The Labute approximate surface area is 185 Å². The summed E-state index contributed by atoms with van der Waals surface area (Å²) in [6.07, 6.45) is 2.51. The molecule has 2 aliphatic heterocycles. The Kier molecular flexibility index (Phi) is 8.45. The Hall–Kier alpha value is -1.97. The molecule has 3 rings (SSSR count). The van der Waals surface area contributed by atoms with Crippen LogP contribution >= 0.6 is 0 Å². The minimum atomic E-state index is -3.02. The first-order valence-electron chi connectivity index (χ1n) is 11.2. The number of carbonyl (C=O) groups is 2. The fourth-order valence-electron chi connectivity index (χ4n) is 4.19. The fourth-order valence-corrected chi connectivity index (χ4v) is 5.42. The molecular formula is C22H34N4O4S. The van der Waals surface area contributed by atoms with Crippen molar-refractivity contribution in [3.8, 4) is 0 Å². The highest BCUT2D eigenvalue weighted by atomic mass is 32.2. The summed E-state index contributed by atoms with van der Waals surface area (Å²) in [4.78, 5) is 29.3. The molecule has 1 aromatic rings. The molecule has 2 fully saturated rings. The van der Waals surface area contributed by atoms with Crippen molar-refractivity contribution in [3.05, 3.63) is 35.9 Å². The van der Waals surface area contributed by atoms with Crippen molar-refractivity contribution in [3.63, 3.8) is 0 Å². The van der Waals surface area contributed by atoms with Crippen molar-refractivity contribution in [2.45, 2.75) is 38.3 Å². The van der Waals surface area contributed by atoms with Gasteiger partial charge in [-0.2, -0.15) is 0 Å². The van der Waals surface area contributed by atoms with Gasteiger partial charge in [-0.25, -0.2) is 8.42 Å². The highest BCUT2D eigenvalue weighted by Crippen LogP contribution is 2.24. The topological polar surface area (TPSA) is 98.8 Å². The molecule has 0 bridgehead atoms. The van der Waals surface area contributed by atoms with Gasteiger partial charge in [-0.05, 0) is 24.8 Å². The lowest BCUT2D eigenvalue weighted by Crippen LogP contribution is -2.52. The van der Waals surface area contributed by atoms with Crippen LogP contribution in [0, 0.1) is 0 Å². The zero-order valence-corrected chi connectivity index (χ0v) is 19.1. The predicted molar refractivity (Wildman–Crippen MR) is 120 cm³/mol. The number of sulfone groups is 1. The lowest BCUT2D eigenvalue weighted by Gasteiger charge is -2.36. The van der Waals surface area contributed by atoms with Crippen LogP contribution in [0.25, 0.3) is 0 Å². The summed E-state index contributed by atoms with van der Waals surface area (Å²) in [5.41, 5.74) is 0.879. The van der Waals surface area contributed by atoms with Crippen molar-refractivity contribution in [2.24, 2.45) is 0 Å². The molecule has 1 aromatic carbocycles. The van der Waals surface area contributed by atoms with Gasteiger partial charge in [0.1, 0.15) is 6.04 Å². The highest BCUT2D eigenvalue weighted by Gasteiger charge is 2.34. The number of hydrogen-bond acceptors (Lipinski definition) is 6. The first-order valence-corrected chi connectivity index (χ1v) is 13.0. The van der Waals surface area contributed by atoms with E-state index in [1.54, 1.807) is 0 Å². The Bertz CT molecular complexity index is 824. The molecule has 31 heavy (non-hydrogen) atoms. The SMILES string of the molecule is CCCNC(=O)CN1CCC(NC(=O)C(c2ccccc2)N2CCS(=O)(=O)CC2)CC1. The second-order valence-electron chi connectivity index (χ2n) is 8.41. The van der Waals surface area contributed by atoms with E-state index < -0.39 is 15.9 Å². The van der Waals surface area contributed by atoms with Gasteiger partial charge in [0, 0.05) is 38.8 Å². The molecule has 0 radical (unpaired) electrons. The van der Waals surface area contributed by atoms with Crippen molar-refractivity contribution >= 4 is 21.7 Å². The molecule has 2 amide bonds. The monoisotopic (exact) mass is 450 g/mol. The lowest BCUT2D eigenvalue weighted by atomic mass is 10.0. The van der Waals surface area contributed by atoms with E-state index in [-0.39, 0.29) is 29.4 Å². The number of nitrogens with zero attached hydrogens (tertiary/aromatic N) is 2. The van der Waals surface area contributed by atoms with Gasteiger partial charge in [0.05, 0.1) is 18.1 Å². The molecule has 1 unspecified atom stereocenters. The molecule has 2 N–H and O–H groups in total. The zero-order valence-electron chi connectivity index (χ0n) is 18.3. The van der Waals surface area contributed by atoms with Crippen LogP contribution in [-0.4, -0.2) is 86.8 Å². The Balaban J connectivity index is 1.57. The van der Waals surface area contributed by atoms with Gasteiger partial charge < -0.3 is 10.6 Å².